The summed E-state index contributed by atoms with van der Waals surface area (Å²) in [6.07, 6.45) is 3.38. The molecule has 1 unspecified atom stereocenters. The van der Waals surface area contributed by atoms with Gasteiger partial charge in [0.15, 0.2) is 0 Å². The predicted molar refractivity (Wildman–Crippen MR) is 61.6 cm³/mol. The lowest BCUT2D eigenvalue weighted by molar-refractivity contribution is -0.121. The summed E-state index contributed by atoms with van der Waals surface area (Å²) >= 11 is 0. The van der Waals surface area contributed by atoms with Gasteiger partial charge in [-0.05, 0) is 25.3 Å². The fourth-order valence-corrected chi connectivity index (χ4v) is 1.41. The molecule has 0 rings (SSSR count). The molecule has 0 aliphatic carbocycles. The zero-order chi connectivity index (χ0) is 11.5. The Kier molecular flexibility index (Phi) is 9.52. The van der Waals surface area contributed by atoms with Crippen molar-refractivity contribution in [2.45, 2.75) is 32.6 Å². The van der Waals surface area contributed by atoms with E-state index in [2.05, 4.69) is 12.2 Å². The number of hydrogen-bond donors (Lipinski definition) is 2. The van der Waals surface area contributed by atoms with Gasteiger partial charge in [0.1, 0.15) is 0 Å². The zero-order valence-corrected chi connectivity index (χ0v) is 9.92. The van der Waals surface area contributed by atoms with E-state index in [-0.39, 0.29) is 5.91 Å². The van der Waals surface area contributed by atoms with E-state index < -0.39 is 0 Å². The van der Waals surface area contributed by atoms with E-state index in [4.69, 9.17) is 10.5 Å². The number of amides is 1. The maximum Gasteiger partial charge on any atom is 0.220 e. The number of nitrogens with two attached hydrogens (primary N) is 1. The molecule has 0 heterocycles. The molecular formula is C11H24N2O2. The molecule has 0 saturated heterocycles. The lowest BCUT2D eigenvalue weighted by atomic mass is 10.0. The molecule has 0 radical (unpaired) electrons. The van der Waals surface area contributed by atoms with Crippen LogP contribution in [0.3, 0.4) is 0 Å². The summed E-state index contributed by atoms with van der Waals surface area (Å²) in [6, 6.07) is 0. The van der Waals surface area contributed by atoms with Crippen LogP contribution in [-0.4, -0.2) is 32.7 Å². The normalized spacial score (nSPS) is 12.5. The highest BCUT2D eigenvalue weighted by Gasteiger charge is 2.07. The van der Waals surface area contributed by atoms with Crippen LogP contribution in [0.15, 0.2) is 0 Å². The second-order valence-corrected chi connectivity index (χ2v) is 3.75. The molecule has 90 valence electrons. The minimum atomic E-state index is 0.113. The number of carbonyl (C=O) groups excluding carboxylic acids is 1. The molecule has 15 heavy (non-hydrogen) atoms. The number of nitrogens with one attached hydrogen (secondary N) is 1. The van der Waals surface area contributed by atoms with Crippen molar-refractivity contribution >= 4 is 5.91 Å². The smallest absolute Gasteiger partial charge is 0.220 e. The second kappa shape index (κ2) is 9.93. The van der Waals surface area contributed by atoms with Crippen LogP contribution in [-0.2, 0) is 9.53 Å². The van der Waals surface area contributed by atoms with Crippen molar-refractivity contribution in [3.63, 3.8) is 0 Å². The third kappa shape index (κ3) is 8.39. The lowest BCUT2D eigenvalue weighted by Crippen LogP contribution is -2.30. The Morgan fingerprint density at radius 2 is 2.27 bits per heavy atom. The molecule has 0 aliphatic heterocycles. The van der Waals surface area contributed by atoms with Crippen molar-refractivity contribution in [3.05, 3.63) is 0 Å². The predicted octanol–water partition coefficient (Wildman–Crippen LogP) is 0.904. The fourth-order valence-electron chi connectivity index (χ4n) is 1.41. The number of hydrogen-bond acceptors (Lipinski definition) is 3. The zero-order valence-electron chi connectivity index (χ0n) is 9.92. The number of methoxy groups -OCH3 is 1. The first-order chi connectivity index (χ1) is 7.24. The van der Waals surface area contributed by atoms with Gasteiger partial charge in [-0.3, -0.25) is 4.79 Å². The Hall–Kier alpha value is -0.610. The summed E-state index contributed by atoms with van der Waals surface area (Å²) in [5.74, 6) is 0.629. The van der Waals surface area contributed by atoms with E-state index in [1.807, 2.05) is 0 Å². The van der Waals surface area contributed by atoms with Crippen LogP contribution < -0.4 is 11.1 Å². The molecule has 0 bridgehead atoms. The number of ether oxygens (including phenoxy) is 1. The Morgan fingerprint density at radius 1 is 1.53 bits per heavy atom. The molecule has 0 aliphatic rings. The quantitative estimate of drug-likeness (QED) is 0.563. The molecule has 1 amide bonds. The van der Waals surface area contributed by atoms with Crippen LogP contribution in [0.25, 0.3) is 0 Å². The Labute approximate surface area is 92.6 Å². The van der Waals surface area contributed by atoms with Gasteiger partial charge in [0.2, 0.25) is 5.91 Å². The van der Waals surface area contributed by atoms with Crippen molar-refractivity contribution in [3.8, 4) is 0 Å². The van der Waals surface area contributed by atoms with E-state index in [9.17, 15) is 4.79 Å². The second-order valence-electron chi connectivity index (χ2n) is 3.75. The Morgan fingerprint density at radius 3 is 2.80 bits per heavy atom. The standard InChI is InChI=1S/C11H24N2O2/c1-3-10(6-7-12)9-13-11(14)5-4-8-15-2/h10H,3-9,12H2,1-2H3,(H,13,14). The topological polar surface area (TPSA) is 64.3 Å². The van der Waals surface area contributed by atoms with E-state index in [0.717, 1.165) is 25.8 Å². The summed E-state index contributed by atoms with van der Waals surface area (Å²) in [7, 11) is 1.65. The van der Waals surface area contributed by atoms with Gasteiger partial charge in [0.25, 0.3) is 0 Å². The summed E-state index contributed by atoms with van der Waals surface area (Å²) in [4.78, 5) is 11.3. The molecule has 0 aromatic carbocycles. The molecule has 0 fully saturated rings. The van der Waals surface area contributed by atoms with E-state index in [1.165, 1.54) is 0 Å². The minimum absolute atomic E-state index is 0.113. The Bertz CT molecular complexity index is 163. The van der Waals surface area contributed by atoms with Crippen molar-refractivity contribution in [1.29, 1.82) is 0 Å². The van der Waals surface area contributed by atoms with Gasteiger partial charge in [-0.15, -0.1) is 0 Å². The molecule has 0 saturated carbocycles. The fraction of sp³-hybridized carbons (Fsp3) is 0.909. The number of rotatable bonds is 9. The third-order valence-corrected chi connectivity index (χ3v) is 2.49. The van der Waals surface area contributed by atoms with Crippen LogP contribution in [0.5, 0.6) is 0 Å². The monoisotopic (exact) mass is 216 g/mol. The maximum absolute atomic E-state index is 11.3. The average Bonchev–Trinajstić information content (AvgIpc) is 2.24. The van der Waals surface area contributed by atoms with Crippen molar-refractivity contribution in [1.82, 2.24) is 5.32 Å². The largest absolute Gasteiger partial charge is 0.385 e. The first-order valence-corrected chi connectivity index (χ1v) is 5.70. The van der Waals surface area contributed by atoms with E-state index >= 15 is 0 Å². The van der Waals surface area contributed by atoms with Gasteiger partial charge in [-0.2, -0.15) is 0 Å². The average molecular weight is 216 g/mol. The first-order valence-electron chi connectivity index (χ1n) is 5.70. The number of carbonyl (C=O) groups is 1. The van der Waals surface area contributed by atoms with Gasteiger partial charge in [-0.25, -0.2) is 0 Å². The summed E-state index contributed by atoms with van der Waals surface area (Å²) in [5.41, 5.74) is 5.48. The molecule has 4 nitrogen and oxygen atoms in total. The molecule has 1 atom stereocenters. The van der Waals surface area contributed by atoms with Crippen molar-refractivity contribution in [2.75, 3.05) is 26.8 Å². The summed E-state index contributed by atoms with van der Waals surface area (Å²) < 4.78 is 4.88. The van der Waals surface area contributed by atoms with Gasteiger partial charge < -0.3 is 15.8 Å². The van der Waals surface area contributed by atoms with Gasteiger partial charge in [-0.1, -0.05) is 13.3 Å². The highest BCUT2D eigenvalue weighted by molar-refractivity contribution is 5.75. The van der Waals surface area contributed by atoms with Crippen molar-refractivity contribution in [2.24, 2.45) is 11.7 Å². The SMILES string of the molecule is CCC(CCN)CNC(=O)CCCOC. The van der Waals surface area contributed by atoms with E-state index in [1.54, 1.807) is 7.11 Å². The third-order valence-electron chi connectivity index (χ3n) is 2.49. The van der Waals surface area contributed by atoms with E-state index in [0.29, 0.717) is 25.5 Å². The van der Waals surface area contributed by atoms with Gasteiger partial charge in [0, 0.05) is 26.7 Å². The van der Waals surface area contributed by atoms with Crippen LogP contribution in [0.1, 0.15) is 32.6 Å². The highest BCUT2D eigenvalue weighted by atomic mass is 16.5. The summed E-state index contributed by atoms with van der Waals surface area (Å²) in [5, 5.41) is 2.93. The van der Waals surface area contributed by atoms with Gasteiger partial charge in [0.05, 0.1) is 0 Å². The molecule has 0 spiro atoms. The van der Waals surface area contributed by atoms with Gasteiger partial charge >= 0.3 is 0 Å². The lowest BCUT2D eigenvalue weighted by Gasteiger charge is -2.14. The molecule has 3 N–H and O–H groups in total. The van der Waals surface area contributed by atoms with Crippen LogP contribution >= 0.6 is 0 Å². The van der Waals surface area contributed by atoms with Crippen LogP contribution in [0, 0.1) is 5.92 Å². The first kappa shape index (κ1) is 14.4. The molecular weight excluding hydrogens is 192 g/mol. The van der Waals surface area contributed by atoms with Crippen LogP contribution in [0.4, 0.5) is 0 Å². The molecule has 0 aromatic rings. The van der Waals surface area contributed by atoms with Crippen molar-refractivity contribution < 1.29 is 9.53 Å². The minimum Gasteiger partial charge on any atom is -0.385 e. The molecule has 0 aromatic heterocycles. The summed E-state index contributed by atoms with van der Waals surface area (Å²) in [6.45, 7) is 4.21. The highest BCUT2D eigenvalue weighted by Crippen LogP contribution is 2.05. The molecule has 4 heteroatoms. The van der Waals surface area contributed by atoms with Crippen LogP contribution in [0.2, 0.25) is 0 Å². The Balaban J connectivity index is 3.50. The maximum atomic E-state index is 11.3.